The highest BCUT2D eigenvalue weighted by atomic mass is 127. The highest BCUT2D eigenvalue weighted by Gasteiger charge is 1.94. The van der Waals surface area contributed by atoms with Crippen LogP contribution < -0.4 is 5.32 Å². The number of hydrogen-bond donors (Lipinski definition) is 1. The second-order valence-electron chi connectivity index (χ2n) is 1.82. The van der Waals surface area contributed by atoms with Crippen molar-refractivity contribution >= 4 is 30.3 Å². The molecule has 0 saturated carbocycles. The van der Waals surface area contributed by atoms with Gasteiger partial charge in [0.05, 0.1) is 3.63 Å². The zero-order chi connectivity index (χ0) is 7.40. The van der Waals surface area contributed by atoms with Crippen LogP contribution in [0.5, 0.6) is 0 Å². The van der Waals surface area contributed by atoms with E-state index in [0.717, 1.165) is 3.63 Å². The first kappa shape index (κ1) is 7.65. The van der Waals surface area contributed by atoms with Gasteiger partial charge in [-0.25, -0.2) is 0 Å². The maximum atomic E-state index is 10.5. The Balaban J connectivity index is 2.58. The van der Waals surface area contributed by atoms with Crippen LogP contribution in [0.4, 0.5) is 0 Å². The van der Waals surface area contributed by atoms with Crippen molar-refractivity contribution in [2.45, 2.75) is 6.92 Å². The lowest BCUT2D eigenvalue weighted by Crippen LogP contribution is -2.24. The molecule has 0 atom stereocenters. The second-order valence-corrected chi connectivity index (χ2v) is 4.32. The van der Waals surface area contributed by atoms with Gasteiger partial charge in [0.15, 0.2) is 0 Å². The predicted molar refractivity (Wildman–Crippen MR) is 51.1 cm³/mol. The molecule has 0 aromatic carbocycles. The number of amides is 1. The third kappa shape index (κ3) is 2.43. The molecule has 0 bridgehead atoms. The van der Waals surface area contributed by atoms with Crippen molar-refractivity contribution in [2.24, 2.45) is 0 Å². The Morgan fingerprint density at radius 3 is 2.90 bits per heavy atom. The van der Waals surface area contributed by atoms with Gasteiger partial charge in [0, 0.05) is 6.92 Å². The Morgan fingerprint density at radius 2 is 2.40 bits per heavy atom. The average molecular weight is 249 g/mol. The summed E-state index contributed by atoms with van der Waals surface area (Å²) >= 11 is -0.0674. The Kier molecular flexibility index (Phi) is 2.80. The molecule has 1 aliphatic rings. The number of nitrogens with one attached hydrogen (secondary N) is 1. The molecule has 0 radical (unpaired) electrons. The van der Waals surface area contributed by atoms with Crippen molar-refractivity contribution in [2.75, 3.05) is 0 Å². The Hall–Kier alpha value is -0.450. The minimum atomic E-state index is -0.0674. The van der Waals surface area contributed by atoms with E-state index < -0.39 is 0 Å². The van der Waals surface area contributed by atoms with Gasteiger partial charge in [0.2, 0.25) is 5.91 Å². The van der Waals surface area contributed by atoms with Crippen LogP contribution in [0.1, 0.15) is 6.92 Å². The van der Waals surface area contributed by atoms with Gasteiger partial charge in [0.1, 0.15) is 0 Å². The summed E-state index contributed by atoms with van der Waals surface area (Å²) in [7, 11) is 0. The third-order valence-electron chi connectivity index (χ3n) is 0.902. The van der Waals surface area contributed by atoms with Crippen LogP contribution in [-0.2, 0) is 4.79 Å². The molecule has 54 valence electrons. The van der Waals surface area contributed by atoms with Crippen molar-refractivity contribution in [3.8, 4) is 0 Å². The molecular weight excluding hydrogens is 241 g/mol. The maximum absolute atomic E-state index is 10.5. The lowest BCUT2D eigenvalue weighted by Gasteiger charge is -2.01. The van der Waals surface area contributed by atoms with E-state index in [2.05, 4.69) is 9.40 Å². The zero-order valence-corrected chi connectivity index (χ0v) is 7.75. The van der Waals surface area contributed by atoms with E-state index in [-0.39, 0.29) is 26.6 Å². The third-order valence-corrected chi connectivity index (χ3v) is 2.98. The molecule has 0 aromatic heterocycles. The number of carbonyl (C=O) groups excluding carboxylic acids is 1. The van der Waals surface area contributed by atoms with Crippen LogP contribution in [0, 0.1) is 0 Å². The first-order valence-corrected chi connectivity index (χ1v) is 5.22. The Labute approximate surface area is 69.8 Å². The van der Waals surface area contributed by atoms with Gasteiger partial charge in [0.25, 0.3) is 0 Å². The maximum Gasteiger partial charge on any atom is 0.221 e. The van der Waals surface area contributed by atoms with E-state index in [0.29, 0.717) is 0 Å². The van der Waals surface area contributed by atoms with Gasteiger partial charge in [-0.1, -0.05) is 32.9 Å². The van der Waals surface area contributed by atoms with Crippen molar-refractivity contribution in [3.63, 3.8) is 0 Å². The van der Waals surface area contributed by atoms with Crippen molar-refractivity contribution < 1.29 is 4.79 Å². The van der Waals surface area contributed by atoms with E-state index in [4.69, 9.17) is 0 Å². The topological polar surface area (TPSA) is 29.1 Å². The van der Waals surface area contributed by atoms with Gasteiger partial charge in [-0.3, -0.25) is 4.79 Å². The van der Waals surface area contributed by atoms with E-state index in [1.807, 2.05) is 18.2 Å². The first-order valence-electron chi connectivity index (χ1n) is 2.90. The second kappa shape index (κ2) is 3.65. The summed E-state index contributed by atoms with van der Waals surface area (Å²) in [6.45, 7) is 1.53. The van der Waals surface area contributed by atoms with Crippen LogP contribution >= 0.6 is 20.7 Å². The summed E-state index contributed by atoms with van der Waals surface area (Å²) in [5.74, 6) is 0.0228. The van der Waals surface area contributed by atoms with Gasteiger partial charge in [-0.05, 0) is 10.2 Å². The summed E-state index contributed by atoms with van der Waals surface area (Å²) in [6.07, 6.45) is 5.90. The predicted octanol–water partition coefficient (Wildman–Crippen LogP) is 1.31. The molecule has 1 heterocycles. The van der Waals surface area contributed by atoms with Gasteiger partial charge in [-0.2, -0.15) is 0 Å². The molecule has 3 heteroatoms. The molecule has 1 amide bonds. The number of rotatable bonds is 1. The molecular formula is C7H8INO. The van der Waals surface area contributed by atoms with Crippen LogP contribution in [0.15, 0.2) is 22.3 Å². The van der Waals surface area contributed by atoms with Crippen molar-refractivity contribution in [1.29, 1.82) is 0 Å². The molecule has 1 N–H and O–H groups in total. The summed E-state index contributed by atoms with van der Waals surface area (Å²) in [4.78, 5) is 10.5. The monoisotopic (exact) mass is 249 g/mol. The summed E-state index contributed by atoms with van der Waals surface area (Å²) in [5, 5.41) is 2.77. The van der Waals surface area contributed by atoms with Crippen LogP contribution in [0.25, 0.3) is 0 Å². The molecule has 0 spiro atoms. The summed E-state index contributed by atoms with van der Waals surface area (Å²) < 4.78 is 3.19. The molecule has 0 aliphatic carbocycles. The lowest BCUT2D eigenvalue weighted by molar-refractivity contribution is -0.117. The highest BCUT2D eigenvalue weighted by molar-refractivity contribution is 14.2. The Bertz CT molecular complexity index is 228. The van der Waals surface area contributed by atoms with E-state index in [1.165, 1.54) is 6.92 Å². The number of allylic oxidation sites excluding steroid dienone is 2. The summed E-state index contributed by atoms with van der Waals surface area (Å²) in [6, 6.07) is 0. The van der Waals surface area contributed by atoms with E-state index in [1.54, 1.807) is 0 Å². The molecule has 10 heavy (non-hydrogen) atoms. The molecule has 0 saturated heterocycles. The van der Waals surface area contributed by atoms with E-state index in [9.17, 15) is 4.79 Å². The van der Waals surface area contributed by atoms with Crippen molar-refractivity contribution in [1.82, 2.24) is 5.32 Å². The van der Waals surface area contributed by atoms with Crippen LogP contribution in [0.2, 0.25) is 0 Å². The first-order chi connectivity index (χ1) is 4.79. The SMILES string of the molecule is CC(=O)NC1=IC=CC=C1. The molecule has 0 fully saturated rings. The smallest absolute Gasteiger partial charge is 0.221 e. The highest BCUT2D eigenvalue weighted by Crippen LogP contribution is 2.06. The molecule has 0 aromatic rings. The quantitative estimate of drug-likeness (QED) is 0.697. The van der Waals surface area contributed by atoms with Crippen LogP contribution in [-0.4, -0.2) is 9.54 Å². The summed E-state index contributed by atoms with van der Waals surface area (Å²) in [5.41, 5.74) is 0. The fourth-order valence-electron chi connectivity index (χ4n) is 0.560. The van der Waals surface area contributed by atoms with Crippen molar-refractivity contribution in [3.05, 3.63) is 22.3 Å². The van der Waals surface area contributed by atoms with Gasteiger partial charge in [-0.15, -0.1) is 0 Å². The average Bonchev–Trinajstić information content (AvgIpc) is 1.88. The largest absolute Gasteiger partial charge is 0.322 e. The lowest BCUT2D eigenvalue weighted by atomic mass is 10.5. The fraction of sp³-hybridized carbons (Fsp3) is 0.143. The minimum absolute atomic E-state index is 0.0228. The Morgan fingerprint density at radius 1 is 1.60 bits per heavy atom. The molecule has 1 aliphatic heterocycles. The van der Waals surface area contributed by atoms with Gasteiger partial charge >= 0.3 is 0 Å². The fourth-order valence-corrected chi connectivity index (χ4v) is 2.35. The molecule has 1 rings (SSSR count). The standard InChI is InChI=1S/C7H8INO/c1-6(10)9-7-4-2-3-5-8-7/h2-5H,1H3,(H,9,10). The van der Waals surface area contributed by atoms with Gasteiger partial charge < -0.3 is 5.32 Å². The minimum Gasteiger partial charge on any atom is -0.322 e. The number of carbonyl (C=O) groups is 1. The molecule has 0 unspecified atom stereocenters. The van der Waals surface area contributed by atoms with E-state index >= 15 is 0 Å². The molecule has 2 nitrogen and oxygen atoms in total. The number of halogens is 1. The zero-order valence-electron chi connectivity index (χ0n) is 5.60. The van der Waals surface area contributed by atoms with Crippen LogP contribution in [0.3, 0.4) is 0 Å². The normalized spacial score (nSPS) is 15.5. The number of hydrogen-bond acceptors (Lipinski definition) is 1.